The second kappa shape index (κ2) is 5.93. The molecule has 0 heterocycles. The van der Waals surface area contributed by atoms with Crippen LogP contribution in [0.25, 0.3) is 0 Å². The number of hydrogen-bond acceptors (Lipinski definition) is 5. The van der Waals surface area contributed by atoms with E-state index in [2.05, 4.69) is 20.8 Å². The van der Waals surface area contributed by atoms with Crippen molar-refractivity contribution in [3.8, 4) is 0 Å². The highest BCUT2D eigenvalue weighted by Crippen LogP contribution is 2.22. The second-order valence-corrected chi connectivity index (χ2v) is 7.22. The summed E-state index contributed by atoms with van der Waals surface area (Å²) in [5, 5.41) is 0. The number of carbonyl (C=O) groups excluding carboxylic acids is 1. The Bertz CT molecular complexity index is 567. The first-order chi connectivity index (χ1) is 8.99. The third-order valence-corrected chi connectivity index (χ3v) is 3.61. The molecule has 0 aliphatic carbocycles. The fourth-order valence-electron chi connectivity index (χ4n) is 1.68. The zero-order valence-electron chi connectivity index (χ0n) is 12.0. The van der Waals surface area contributed by atoms with Crippen molar-refractivity contribution in [2.24, 2.45) is 0 Å². The minimum absolute atomic E-state index is 0.0215. The molecular weight excluding hydrogens is 280 g/mol. The van der Waals surface area contributed by atoms with Gasteiger partial charge in [-0.2, -0.15) is 0 Å². The molecule has 112 valence electrons. The van der Waals surface area contributed by atoms with E-state index in [1.807, 2.05) is 12.1 Å². The van der Waals surface area contributed by atoms with E-state index in [1.165, 1.54) is 6.92 Å². The SMILES string of the molecule is CC(CS(=O)(=O)[O-])OC(=O)c1ccc(C(C)(C)C)cc1. The highest BCUT2D eigenvalue weighted by molar-refractivity contribution is 7.85. The lowest BCUT2D eigenvalue weighted by molar-refractivity contribution is 0.0381. The molecule has 1 aromatic rings. The molecule has 20 heavy (non-hydrogen) atoms. The summed E-state index contributed by atoms with van der Waals surface area (Å²) < 4.78 is 36.6. The van der Waals surface area contributed by atoms with Gasteiger partial charge in [-0.3, -0.25) is 0 Å². The Morgan fingerprint density at radius 3 is 2.15 bits per heavy atom. The molecule has 6 heteroatoms. The van der Waals surface area contributed by atoms with Crippen LogP contribution < -0.4 is 0 Å². The van der Waals surface area contributed by atoms with Gasteiger partial charge in [0, 0.05) is 0 Å². The van der Waals surface area contributed by atoms with E-state index >= 15 is 0 Å². The van der Waals surface area contributed by atoms with E-state index in [0.29, 0.717) is 5.56 Å². The lowest BCUT2D eigenvalue weighted by Crippen LogP contribution is -2.24. The van der Waals surface area contributed by atoms with E-state index in [4.69, 9.17) is 4.74 Å². The number of hydrogen-bond donors (Lipinski definition) is 0. The number of benzene rings is 1. The van der Waals surface area contributed by atoms with Crippen molar-refractivity contribution in [3.05, 3.63) is 35.4 Å². The van der Waals surface area contributed by atoms with E-state index in [0.717, 1.165) is 5.56 Å². The molecule has 1 unspecified atom stereocenters. The van der Waals surface area contributed by atoms with E-state index in [9.17, 15) is 17.8 Å². The first kappa shape index (κ1) is 16.7. The molecule has 0 N–H and O–H groups in total. The van der Waals surface area contributed by atoms with Crippen LogP contribution in [0.15, 0.2) is 24.3 Å². The van der Waals surface area contributed by atoms with Crippen LogP contribution in [-0.2, 0) is 20.3 Å². The largest absolute Gasteiger partial charge is 0.748 e. The molecule has 5 nitrogen and oxygen atoms in total. The zero-order chi connectivity index (χ0) is 15.6. The average Bonchev–Trinajstić information content (AvgIpc) is 2.25. The highest BCUT2D eigenvalue weighted by Gasteiger charge is 2.17. The van der Waals surface area contributed by atoms with Gasteiger partial charge in [0.05, 0.1) is 21.4 Å². The Morgan fingerprint density at radius 1 is 1.25 bits per heavy atom. The van der Waals surface area contributed by atoms with Gasteiger partial charge < -0.3 is 9.29 Å². The summed E-state index contributed by atoms with van der Waals surface area (Å²) in [7, 11) is -4.40. The van der Waals surface area contributed by atoms with Gasteiger partial charge in [0.15, 0.2) is 0 Å². The monoisotopic (exact) mass is 299 g/mol. The molecule has 0 saturated heterocycles. The topological polar surface area (TPSA) is 83.5 Å². The van der Waals surface area contributed by atoms with Gasteiger partial charge in [-0.15, -0.1) is 0 Å². The van der Waals surface area contributed by atoms with Gasteiger partial charge in [-0.25, -0.2) is 13.2 Å². The fraction of sp³-hybridized carbons (Fsp3) is 0.500. The molecule has 1 rings (SSSR count). The molecule has 0 spiro atoms. The van der Waals surface area contributed by atoms with Gasteiger partial charge in [0.2, 0.25) is 0 Å². The van der Waals surface area contributed by atoms with Crippen LogP contribution in [0.5, 0.6) is 0 Å². The van der Waals surface area contributed by atoms with Gasteiger partial charge in [0.25, 0.3) is 0 Å². The van der Waals surface area contributed by atoms with Crippen molar-refractivity contribution in [1.29, 1.82) is 0 Å². The van der Waals surface area contributed by atoms with Gasteiger partial charge >= 0.3 is 5.97 Å². The summed E-state index contributed by atoms with van der Waals surface area (Å²) in [4.78, 5) is 11.8. The summed E-state index contributed by atoms with van der Waals surface area (Å²) in [5.74, 6) is -1.36. The highest BCUT2D eigenvalue weighted by atomic mass is 32.2. The van der Waals surface area contributed by atoms with E-state index in [-0.39, 0.29) is 5.41 Å². The maximum Gasteiger partial charge on any atom is 0.338 e. The van der Waals surface area contributed by atoms with Crippen molar-refractivity contribution in [3.63, 3.8) is 0 Å². The van der Waals surface area contributed by atoms with Gasteiger partial charge in [-0.1, -0.05) is 32.9 Å². The Balaban J connectivity index is 2.74. The predicted molar refractivity (Wildman–Crippen MR) is 74.6 cm³/mol. The maximum absolute atomic E-state index is 11.8. The standard InChI is InChI=1S/C14H20O5S/c1-10(9-20(16,17)18)19-13(15)11-5-7-12(8-6-11)14(2,3)4/h5-8,10H,9H2,1-4H3,(H,16,17,18)/p-1. The number of rotatable bonds is 4. The molecule has 0 fully saturated rings. The smallest absolute Gasteiger partial charge is 0.338 e. The molecule has 0 amide bonds. The second-order valence-electron chi connectivity index (χ2n) is 5.77. The first-order valence-electron chi connectivity index (χ1n) is 6.24. The third-order valence-electron chi connectivity index (χ3n) is 2.73. The average molecular weight is 299 g/mol. The van der Waals surface area contributed by atoms with Crippen molar-refractivity contribution in [1.82, 2.24) is 0 Å². The summed E-state index contributed by atoms with van der Waals surface area (Å²) in [6.45, 7) is 7.54. The van der Waals surface area contributed by atoms with Crippen molar-refractivity contribution in [2.75, 3.05) is 5.75 Å². The molecule has 0 aromatic heterocycles. The molecule has 0 bridgehead atoms. The Hall–Kier alpha value is -1.40. The molecule has 1 aromatic carbocycles. The van der Waals surface area contributed by atoms with E-state index in [1.54, 1.807) is 12.1 Å². The normalized spacial score (nSPS) is 13.8. The number of ether oxygens (including phenoxy) is 1. The maximum atomic E-state index is 11.8. The third kappa shape index (κ3) is 5.30. The Kier molecular flexibility index (Phi) is 4.94. The summed E-state index contributed by atoms with van der Waals surface area (Å²) in [6.07, 6.45) is -0.965. The van der Waals surface area contributed by atoms with Crippen LogP contribution in [0, 0.1) is 0 Å². The van der Waals surface area contributed by atoms with Gasteiger partial charge in [-0.05, 0) is 30.0 Å². The fourth-order valence-corrected chi connectivity index (χ4v) is 2.32. The first-order valence-corrected chi connectivity index (χ1v) is 7.82. The van der Waals surface area contributed by atoms with Crippen molar-refractivity contribution < 1.29 is 22.5 Å². The number of esters is 1. The summed E-state index contributed by atoms with van der Waals surface area (Å²) in [6, 6.07) is 6.90. The minimum atomic E-state index is -4.40. The zero-order valence-corrected chi connectivity index (χ0v) is 12.9. The van der Waals surface area contributed by atoms with Crippen LogP contribution >= 0.6 is 0 Å². The molecule has 0 saturated carbocycles. The predicted octanol–water partition coefficient (Wildman–Crippen LogP) is 2.07. The lowest BCUT2D eigenvalue weighted by Gasteiger charge is -2.19. The van der Waals surface area contributed by atoms with Crippen LogP contribution in [0.1, 0.15) is 43.6 Å². The number of carbonyl (C=O) groups is 1. The minimum Gasteiger partial charge on any atom is -0.748 e. The lowest BCUT2D eigenvalue weighted by atomic mass is 9.87. The van der Waals surface area contributed by atoms with Crippen LogP contribution in [0.3, 0.4) is 0 Å². The molecular formula is C14H19O5S-. The summed E-state index contributed by atoms with van der Waals surface area (Å²) in [5.41, 5.74) is 1.38. The van der Waals surface area contributed by atoms with Crippen LogP contribution in [0.2, 0.25) is 0 Å². The van der Waals surface area contributed by atoms with Crippen molar-refractivity contribution >= 4 is 16.1 Å². The Labute approximate surface area is 119 Å². The molecule has 1 atom stereocenters. The molecule has 0 aliphatic heterocycles. The van der Waals surface area contributed by atoms with E-state index < -0.39 is 27.9 Å². The van der Waals surface area contributed by atoms with Crippen LogP contribution in [0.4, 0.5) is 0 Å². The van der Waals surface area contributed by atoms with Crippen LogP contribution in [-0.4, -0.2) is 30.8 Å². The van der Waals surface area contributed by atoms with Crippen molar-refractivity contribution in [2.45, 2.75) is 39.2 Å². The summed E-state index contributed by atoms with van der Waals surface area (Å²) >= 11 is 0. The van der Waals surface area contributed by atoms with Gasteiger partial charge in [0.1, 0.15) is 6.10 Å². The molecule has 0 aliphatic rings. The molecule has 0 radical (unpaired) electrons. The quantitative estimate of drug-likeness (QED) is 0.628. The Morgan fingerprint density at radius 2 is 1.75 bits per heavy atom.